The number of nitro groups is 1. The van der Waals surface area contributed by atoms with Gasteiger partial charge in [-0.3, -0.25) is 14.9 Å². The van der Waals surface area contributed by atoms with Crippen LogP contribution in [0.1, 0.15) is 56.9 Å². The molecule has 7 heteroatoms. The molecule has 1 amide bonds. The summed E-state index contributed by atoms with van der Waals surface area (Å²) < 4.78 is 0. The highest BCUT2D eigenvalue weighted by molar-refractivity contribution is 5.84. The van der Waals surface area contributed by atoms with Crippen LogP contribution in [0.2, 0.25) is 0 Å². The molecule has 3 aromatic rings. The van der Waals surface area contributed by atoms with E-state index in [-0.39, 0.29) is 22.6 Å². The lowest BCUT2D eigenvalue weighted by atomic mass is 9.77. The van der Waals surface area contributed by atoms with Gasteiger partial charge >= 0.3 is 0 Å². The number of amides is 1. The number of rotatable bonds is 8. The number of non-ortho nitro benzene ring substituents is 1. The number of carbonyl (C=O) groups is 1. The monoisotopic (exact) mass is 488 g/mol. The Hall–Kier alpha value is -3.35. The topological polar surface area (TPSA) is 91.3 Å². The number of nitrogens with zero attached hydrogens (tertiary/aromatic N) is 2. The lowest BCUT2D eigenvalue weighted by molar-refractivity contribution is -0.384. The number of hydrogen-bond acceptors (Lipinski definition) is 4. The lowest BCUT2D eigenvalue weighted by Gasteiger charge is -2.39. The Kier molecular flexibility index (Phi) is 7.54. The summed E-state index contributed by atoms with van der Waals surface area (Å²) in [6, 6.07) is 15.5. The van der Waals surface area contributed by atoms with Crippen LogP contribution in [0, 0.1) is 22.0 Å². The van der Waals surface area contributed by atoms with Crippen molar-refractivity contribution >= 4 is 28.2 Å². The third kappa shape index (κ3) is 5.72. The minimum atomic E-state index is -0.346. The second-order valence-corrected chi connectivity index (χ2v) is 10.5. The minimum Gasteiger partial charge on any atom is -0.371 e. The van der Waals surface area contributed by atoms with Crippen LogP contribution < -0.4 is 10.2 Å². The van der Waals surface area contributed by atoms with Gasteiger partial charge in [0.2, 0.25) is 5.91 Å². The molecule has 1 aliphatic heterocycles. The zero-order chi connectivity index (χ0) is 24.9. The van der Waals surface area contributed by atoms with Gasteiger partial charge < -0.3 is 15.2 Å². The van der Waals surface area contributed by atoms with Gasteiger partial charge in [-0.2, -0.15) is 0 Å². The summed E-state index contributed by atoms with van der Waals surface area (Å²) in [7, 11) is 0. The summed E-state index contributed by atoms with van der Waals surface area (Å²) in [5.41, 5.74) is 3.53. The third-order valence-corrected chi connectivity index (χ3v) is 8.13. The van der Waals surface area contributed by atoms with Gasteiger partial charge in [0.05, 0.1) is 4.92 Å². The number of carbonyl (C=O) groups excluding carboxylic acids is 1. The van der Waals surface area contributed by atoms with Gasteiger partial charge in [0.15, 0.2) is 0 Å². The van der Waals surface area contributed by atoms with Crippen LogP contribution >= 0.6 is 0 Å². The van der Waals surface area contributed by atoms with Gasteiger partial charge in [0.1, 0.15) is 0 Å². The molecule has 1 saturated heterocycles. The molecular formula is C29H36N4O3. The Bertz CT molecular complexity index is 1190. The van der Waals surface area contributed by atoms with Gasteiger partial charge in [-0.15, -0.1) is 0 Å². The summed E-state index contributed by atoms with van der Waals surface area (Å²) in [6.07, 6.45) is 11.5. The molecule has 1 aliphatic carbocycles. The van der Waals surface area contributed by atoms with Crippen LogP contribution in [0.3, 0.4) is 0 Å². The van der Waals surface area contributed by atoms with Crippen molar-refractivity contribution in [2.75, 3.05) is 18.0 Å². The largest absolute Gasteiger partial charge is 0.371 e. The average Bonchev–Trinajstić information content (AvgIpc) is 3.32. The fourth-order valence-electron chi connectivity index (χ4n) is 6.25. The van der Waals surface area contributed by atoms with Crippen molar-refractivity contribution < 1.29 is 9.72 Å². The molecule has 2 aromatic carbocycles. The van der Waals surface area contributed by atoms with E-state index in [2.05, 4.69) is 27.3 Å². The van der Waals surface area contributed by atoms with Crippen LogP contribution in [0.4, 0.5) is 11.4 Å². The fourth-order valence-corrected chi connectivity index (χ4v) is 6.25. The quantitative estimate of drug-likeness (QED) is 0.301. The molecule has 0 spiro atoms. The number of hydrogen-bond donors (Lipinski definition) is 2. The van der Waals surface area contributed by atoms with Gasteiger partial charge in [0.25, 0.3) is 5.69 Å². The number of nitro benzene ring substituents is 1. The molecule has 2 heterocycles. The maximum absolute atomic E-state index is 12.9. The molecule has 7 nitrogen and oxygen atoms in total. The van der Waals surface area contributed by atoms with Crippen molar-refractivity contribution in [3.63, 3.8) is 0 Å². The van der Waals surface area contributed by atoms with Crippen LogP contribution in [-0.2, 0) is 11.2 Å². The van der Waals surface area contributed by atoms with E-state index < -0.39 is 0 Å². The van der Waals surface area contributed by atoms with E-state index in [0.29, 0.717) is 18.3 Å². The average molecular weight is 489 g/mol. The van der Waals surface area contributed by atoms with Gasteiger partial charge in [-0.05, 0) is 74.1 Å². The number of anilines is 1. The predicted octanol–water partition coefficient (Wildman–Crippen LogP) is 5.99. The Morgan fingerprint density at radius 3 is 2.69 bits per heavy atom. The Morgan fingerprint density at radius 1 is 1.06 bits per heavy atom. The SMILES string of the molecule is O=C(CCc1c[nH]c2ccccc12)N[C@@H]1CCCC[C@H]1C[C@H]1CCCN(c2ccc([N+](=O)[O-])cc2)C1. The molecular weight excluding hydrogens is 452 g/mol. The Balaban J connectivity index is 1.15. The van der Waals surface area contributed by atoms with Crippen LogP contribution in [0.25, 0.3) is 10.9 Å². The molecule has 0 unspecified atom stereocenters. The van der Waals surface area contributed by atoms with Crippen molar-refractivity contribution in [2.45, 2.75) is 63.8 Å². The summed E-state index contributed by atoms with van der Waals surface area (Å²) in [5, 5.41) is 15.6. The van der Waals surface area contributed by atoms with E-state index >= 15 is 0 Å². The van der Waals surface area contributed by atoms with E-state index in [1.807, 2.05) is 30.5 Å². The van der Waals surface area contributed by atoms with E-state index in [1.165, 1.54) is 36.6 Å². The zero-order valence-electron chi connectivity index (χ0n) is 20.8. The minimum absolute atomic E-state index is 0.137. The normalized spacial score (nSPS) is 22.4. The number of piperidine rings is 1. The number of H-pyrrole nitrogens is 1. The predicted molar refractivity (Wildman–Crippen MR) is 143 cm³/mol. The lowest BCUT2D eigenvalue weighted by Crippen LogP contribution is -2.44. The molecule has 0 bridgehead atoms. The smallest absolute Gasteiger partial charge is 0.269 e. The number of nitrogens with one attached hydrogen (secondary N) is 2. The summed E-state index contributed by atoms with van der Waals surface area (Å²) in [6.45, 7) is 1.97. The third-order valence-electron chi connectivity index (χ3n) is 8.13. The first-order chi connectivity index (χ1) is 17.6. The molecule has 190 valence electrons. The van der Waals surface area contributed by atoms with Crippen molar-refractivity contribution in [3.05, 3.63) is 70.4 Å². The molecule has 1 saturated carbocycles. The summed E-state index contributed by atoms with van der Waals surface area (Å²) in [4.78, 5) is 29.2. The summed E-state index contributed by atoms with van der Waals surface area (Å²) in [5.74, 6) is 1.27. The Labute approximate surface area is 212 Å². The van der Waals surface area contributed by atoms with Crippen molar-refractivity contribution in [1.82, 2.24) is 10.3 Å². The highest BCUT2D eigenvalue weighted by Gasteiger charge is 2.30. The van der Waals surface area contributed by atoms with Crippen LogP contribution in [0.15, 0.2) is 54.7 Å². The number of fused-ring (bicyclic) bond motifs is 1. The first kappa shape index (κ1) is 24.3. The first-order valence-corrected chi connectivity index (χ1v) is 13.4. The van der Waals surface area contributed by atoms with Crippen molar-refractivity contribution in [1.29, 1.82) is 0 Å². The van der Waals surface area contributed by atoms with Crippen molar-refractivity contribution in [2.24, 2.45) is 11.8 Å². The molecule has 5 rings (SSSR count). The summed E-state index contributed by atoms with van der Waals surface area (Å²) >= 11 is 0. The van der Waals surface area contributed by atoms with Gasteiger partial charge in [-0.1, -0.05) is 31.0 Å². The maximum Gasteiger partial charge on any atom is 0.269 e. The maximum atomic E-state index is 12.9. The second-order valence-electron chi connectivity index (χ2n) is 10.5. The van der Waals surface area contributed by atoms with Gasteiger partial charge in [-0.25, -0.2) is 0 Å². The highest BCUT2D eigenvalue weighted by Crippen LogP contribution is 2.34. The van der Waals surface area contributed by atoms with Crippen LogP contribution in [-0.4, -0.2) is 34.9 Å². The standard InChI is InChI=1S/C29H36N4O3/c34-29(16-11-23-19-30-28-10-4-2-8-26(23)28)31-27-9-3-1-7-22(27)18-21-6-5-17-32(20-21)24-12-14-25(15-13-24)33(35)36/h2,4,8,10,12-15,19,21-22,27,30H,1,3,5-7,9,11,16-18,20H2,(H,31,34)/t21-,22+,27-/m1/s1. The van der Waals surface area contributed by atoms with Crippen LogP contribution in [0.5, 0.6) is 0 Å². The molecule has 3 atom stereocenters. The number of para-hydroxylation sites is 1. The van der Waals surface area contributed by atoms with E-state index in [1.54, 1.807) is 12.1 Å². The molecule has 2 aliphatic rings. The number of aryl methyl sites for hydroxylation is 1. The molecule has 0 radical (unpaired) electrons. The second kappa shape index (κ2) is 11.1. The number of aromatic amines is 1. The van der Waals surface area contributed by atoms with E-state index in [9.17, 15) is 14.9 Å². The first-order valence-electron chi connectivity index (χ1n) is 13.4. The highest BCUT2D eigenvalue weighted by atomic mass is 16.6. The number of aromatic nitrogens is 1. The molecule has 36 heavy (non-hydrogen) atoms. The van der Waals surface area contributed by atoms with Crippen molar-refractivity contribution in [3.8, 4) is 0 Å². The zero-order valence-corrected chi connectivity index (χ0v) is 20.8. The Morgan fingerprint density at radius 2 is 1.86 bits per heavy atom. The van der Waals surface area contributed by atoms with E-state index in [0.717, 1.165) is 50.0 Å². The molecule has 2 fully saturated rings. The van der Waals surface area contributed by atoms with Gasteiger partial charge in [0, 0.05) is 60.5 Å². The van der Waals surface area contributed by atoms with E-state index in [4.69, 9.17) is 0 Å². The number of benzene rings is 2. The molecule has 2 N–H and O–H groups in total. The molecule has 1 aromatic heterocycles. The fraction of sp³-hybridized carbons (Fsp3) is 0.483.